The van der Waals surface area contributed by atoms with E-state index in [2.05, 4.69) is 5.32 Å². The van der Waals surface area contributed by atoms with Gasteiger partial charge in [0.25, 0.3) is 5.91 Å². The molecule has 0 radical (unpaired) electrons. The van der Waals surface area contributed by atoms with Crippen molar-refractivity contribution in [3.8, 4) is 11.5 Å². The molecule has 1 aliphatic heterocycles. The monoisotopic (exact) mass is 540 g/mol. The van der Waals surface area contributed by atoms with E-state index >= 15 is 0 Å². The van der Waals surface area contributed by atoms with Crippen molar-refractivity contribution in [2.24, 2.45) is 11.8 Å². The minimum atomic E-state index is -1.18. The minimum absolute atomic E-state index is 0.268. The lowest BCUT2D eigenvalue weighted by atomic mass is 9.55. The summed E-state index contributed by atoms with van der Waals surface area (Å²) >= 11 is 0. The Morgan fingerprint density at radius 1 is 0.825 bits per heavy atom. The highest BCUT2D eigenvalue weighted by Gasteiger charge is 2.62. The summed E-state index contributed by atoms with van der Waals surface area (Å²) in [5, 5.41) is 2.63. The molecule has 1 heterocycles. The molecule has 9 nitrogen and oxygen atoms in total. The van der Waals surface area contributed by atoms with E-state index in [1.54, 1.807) is 18.2 Å². The number of likely N-dealkylation sites (tertiary alicyclic amines) is 1. The number of nitrogens with one attached hydrogen (secondary N) is 1. The van der Waals surface area contributed by atoms with Crippen molar-refractivity contribution in [3.63, 3.8) is 0 Å². The zero-order chi connectivity index (χ0) is 28.1. The van der Waals surface area contributed by atoms with E-state index in [1.165, 1.54) is 21.1 Å². The summed E-state index contributed by atoms with van der Waals surface area (Å²) in [6, 6.07) is 19.6. The highest BCUT2D eigenvalue weighted by Crippen LogP contribution is 2.61. The average molecular weight is 541 g/mol. The van der Waals surface area contributed by atoms with E-state index in [4.69, 9.17) is 14.2 Å². The van der Waals surface area contributed by atoms with Gasteiger partial charge in [-0.25, -0.2) is 4.79 Å². The van der Waals surface area contributed by atoms with E-state index in [0.717, 1.165) is 27.2 Å². The first-order chi connectivity index (χ1) is 19.3. The lowest BCUT2D eigenvalue weighted by Crippen LogP contribution is -2.45. The molecule has 40 heavy (non-hydrogen) atoms. The Hall–Kier alpha value is -4.66. The summed E-state index contributed by atoms with van der Waals surface area (Å²) in [4.78, 5) is 54.3. The molecule has 3 atom stereocenters. The van der Waals surface area contributed by atoms with Gasteiger partial charge in [-0.1, -0.05) is 48.5 Å². The number of anilines is 1. The Morgan fingerprint density at radius 3 is 1.82 bits per heavy atom. The van der Waals surface area contributed by atoms with Gasteiger partial charge in [0.2, 0.25) is 11.8 Å². The van der Waals surface area contributed by atoms with Crippen molar-refractivity contribution in [2.45, 2.75) is 24.8 Å². The molecule has 0 saturated carbocycles. The van der Waals surface area contributed by atoms with Crippen LogP contribution in [0.1, 0.15) is 41.0 Å². The molecule has 7 rings (SSSR count). The Labute approximate surface area is 231 Å². The van der Waals surface area contributed by atoms with Crippen LogP contribution in [0.5, 0.6) is 11.5 Å². The number of esters is 1. The molecule has 0 spiro atoms. The average Bonchev–Trinajstić information content (AvgIpc) is 3.25. The maximum absolute atomic E-state index is 13.8. The fraction of sp³-hybridized carbons (Fsp3) is 0.290. The van der Waals surface area contributed by atoms with Crippen LogP contribution in [0, 0.1) is 11.8 Å². The molecule has 1 fully saturated rings. The quantitative estimate of drug-likeness (QED) is 0.361. The van der Waals surface area contributed by atoms with E-state index in [1.807, 2.05) is 48.5 Å². The first-order valence-corrected chi connectivity index (χ1v) is 13.1. The lowest BCUT2D eigenvalue weighted by Gasteiger charge is -2.45. The van der Waals surface area contributed by atoms with Gasteiger partial charge in [-0.2, -0.15) is 0 Å². The maximum Gasteiger partial charge on any atom is 0.329 e. The van der Waals surface area contributed by atoms with Gasteiger partial charge in [-0.05, 0) is 41.3 Å². The Balaban J connectivity index is 1.19. The van der Waals surface area contributed by atoms with Crippen molar-refractivity contribution in [2.75, 3.05) is 26.1 Å². The van der Waals surface area contributed by atoms with Crippen molar-refractivity contribution < 1.29 is 33.4 Å². The molecule has 3 aliphatic carbocycles. The second-order valence-electron chi connectivity index (χ2n) is 10.2. The summed E-state index contributed by atoms with van der Waals surface area (Å²) < 4.78 is 15.7. The number of imide groups is 1. The molecular weight excluding hydrogens is 512 g/mol. The number of benzene rings is 3. The van der Waals surface area contributed by atoms with Crippen LogP contribution < -0.4 is 14.8 Å². The van der Waals surface area contributed by atoms with E-state index in [0.29, 0.717) is 17.2 Å². The highest BCUT2D eigenvalue weighted by atomic mass is 16.5. The van der Waals surface area contributed by atoms with Gasteiger partial charge in [0.15, 0.2) is 6.61 Å². The molecule has 3 aromatic rings. The molecule has 0 aromatic heterocycles. The number of hydrogen-bond donors (Lipinski definition) is 1. The normalized spacial score (nSPS) is 22.6. The minimum Gasteiger partial charge on any atom is -0.497 e. The second kappa shape index (κ2) is 9.82. The lowest BCUT2D eigenvalue weighted by molar-refractivity contribution is -0.159. The Bertz CT molecular complexity index is 1430. The number of rotatable bonds is 7. The van der Waals surface area contributed by atoms with E-state index in [9.17, 15) is 19.2 Å². The SMILES string of the molecule is COc1ccc(OC)c(NC(=O)COC(=O)[C@H](C)N2C(=O)[C@@H]3C4c5ccccc5C(c5ccccc54)[C@H]3C2=O)c1. The standard InChI is InChI=1S/C31H28N2O7/c1-16(31(37)40-15-24(34)32-22-14-17(38-2)12-13-23(22)39-3)33-29(35)27-25-18-8-4-5-9-19(18)26(28(27)30(33)36)21-11-7-6-10-20(21)25/h4-14,16,25-28H,15H2,1-3H3,(H,32,34)/t16-,25?,26?,27+,28+/m0/s1. The summed E-state index contributed by atoms with van der Waals surface area (Å²) in [6.07, 6.45) is 0. The summed E-state index contributed by atoms with van der Waals surface area (Å²) in [7, 11) is 2.96. The second-order valence-corrected chi connectivity index (χ2v) is 10.2. The van der Waals surface area contributed by atoms with Crippen molar-refractivity contribution >= 4 is 29.4 Å². The zero-order valence-electron chi connectivity index (χ0n) is 22.2. The molecule has 0 unspecified atom stereocenters. The molecular formula is C31H28N2O7. The van der Waals surface area contributed by atoms with E-state index in [-0.39, 0.29) is 23.7 Å². The summed E-state index contributed by atoms with van der Waals surface area (Å²) in [6.45, 7) is 0.857. The van der Waals surface area contributed by atoms with Crippen LogP contribution >= 0.6 is 0 Å². The molecule has 1 N–H and O–H groups in total. The third-order valence-electron chi connectivity index (χ3n) is 8.24. The van der Waals surface area contributed by atoms with Crippen LogP contribution in [0.4, 0.5) is 5.69 Å². The fourth-order valence-corrected chi connectivity index (χ4v) is 6.54. The van der Waals surface area contributed by atoms with Crippen LogP contribution in [-0.4, -0.2) is 55.5 Å². The topological polar surface area (TPSA) is 111 Å². The smallest absolute Gasteiger partial charge is 0.329 e. The largest absolute Gasteiger partial charge is 0.497 e. The Morgan fingerprint density at radius 2 is 1.35 bits per heavy atom. The number of carbonyl (C=O) groups excluding carboxylic acids is 4. The van der Waals surface area contributed by atoms with Gasteiger partial charge in [0.05, 0.1) is 31.7 Å². The van der Waals surface area contributed by atoms with Crippen molar-refractivity contribution in [3.05, 3.63) is 89.0 Å². The number of nitrogens with zero attached hydrogens (tertiary/aromatic N) is 1. The van der Waals surface area contributed by atoms with Crippen LogP contribution in [0.3, 0.4) is 0 Å². The molecule has 3 amide bonds. The summed E-state index contributed by atoms with van der Waals surface area (Å²) in [5.41, 5.74) is 4.55. The molecule has 2 bridgehead atoms. The van der Waals surface area contributed by atoms with Crippen LogP contribution in [0.15, 0.2) is 66.7 Å². The number of carbonyl (C=O) groups is 4. The number of hydrogen-bond acceptors (Lipinski definition) is 7. The predicted molar refractivity (Wildman–Crippen MR) is 144 cm³/mol. The number of amides is 3. The van der Waals surface area contributed by atoms with Gasteiger partial charge in [0.1, 0.15) is 17.5 Å². The van der Waals surface area contributed by atoms with Gasteiger partial charge in [0, 0.05) is 17.9 Å². The predicted octanol–water partition coefficient (Wildman–Crippen LogP) is 3.47. The number of ether oxygens (including phenoxy) is 3. The van der Waals surface area contributed by atoms with Gasteiger partial charge in [-0.3, -0.25) is 19.3 Å². The zero-order valence-corrected chi connectivity index (χ0v) is 22.2. The van der Waals surface area contributed by atoms with Crippen LogP contribution in [-0.2, 0) is 23.9 Å². The molecule has 4 aliphatic rings. The fourth-order valence-electron chi connectivity index (χ4n) is 6.54. The molecule has 1 saturated heterocycles. The molecule has 3 aromatic carbocycles. The van der Waals surface area contributed by atoms with Gasteiger partial charge < -0.3 is 19.5 Å². The van der Waals surface area contributed by atoms with E-state index < -0.39 is 36.4 Å². The Kier molecular flexibility index (Phi) is 6.29. The highest BCUT2D eigenvalue weighted by molar-refractivity contribution is 6.10. The van der Waals surface area contributed by atoms with Gasteiger partial charge >= 0.3 is 5.97 Å². The van der Waals surface area contributed by atoms with Crippen LogP contribution in [0.25, 0.3) is 0 Å². The first kappa shape index (κ1) is 25.6. The maximum atomic E-state index is 13.8. The molecule has 9 heteroatoms. The summed E-state index contributed by atoms with van der Waals surface area (Å²) in [5.74, 6) is -3.03. The van der Waals surface area contributed by atoms with Crippen molar-refractivity contribution in [1.82, 2.24) is 4.90 Å². The number of methoxy groups -OCH3 is 2. The van der Waals surface area contributed by atoms with Gasteiger partial charge in [-0.15, -0.1) is 0 Å². The third-order valence-corrected chi connectivity index (χ3v) is 8.24. The first-order valence-electron chi connectivity index (χ1n) is 13.1. The third kappa shape index (κ3) is 3.84. The molecule has 204 valence electrons. The van der Waals surface area contributed by atoms with Crippen LogP contribution in [0.2, 0.25) is 0 Å². The van der Waals surface area contributed by atoms with Crippen molar-refractivity contribution in [1.29, 1.82) is 0 Å².